The van der Waals surface area contributed by atoms with Crippen LogP contribution in [0.2, 0.25) is 5.02 Å². The smallest absolute Gasteiger partial charge is 0.227 e. The molecule has 0 aliphatic carbocycles. The summed E-state index contributed by atoms with van der Waals surface area (Å²) >= 11 is 6.64. The first-order valence-electron chi connectivity index (χ1n) is 11.6. The number of hydrogen-bond donors (Lipinski definition) is 3. The molecule has 0 bridgehead atoms. The average molecular weight is 497 g/mol. The predicted octanol–water partition coefficient (Wildman–Crippen LogP) is 3.45. The van der Waals surface area contributed by atoms with Gasteiger partial charge in [0.15, 0.2) is 0 Å². The normalized spacial score (nSPS) is 19.8. The third kappa shape index (κ3) is 4.90. The number of ether oxygens (including phenoxy) is 2. The Hall–Kier alpha value is -2.98. The van der Waals surface area contributed by atoms with Crippen LogP contribution in [0.5, 0.6) is 5.75 Å². The number of aliphatic hydroxyl groups excluding tert-OH is 1. The largest absolute Gasteiger partial charge is 0.495 e. The second-order valence-corrected chi connectivity index (χ2v) is 9.52. The van der Waals surface area contributed by atoms with Crippen LogP contribution in [0.25, 0.3) is 11.3 Å². The molecule has 1 atom stereocenters. The summed E-state index contributed by atoms with van der Waals surface area (Å²) in [4.78, 5) is 15.9. The third-order valence-electron chi connectivity index (χ3n) is 6.60. The molecule has 3 N–H and O–H groups in total. The van der Waals surface area contributed by atoms with Crippen molar-refractivity contribution in [2.24, 2.45) is 0 Å². The van der Waals surface area contributed by atoms with Crippen molar-refractivity contribution >= 4 is 29.1 Å². The van der Waals surface area contributed by atoms with Crippen LogP contribution in [0.15, 0.2) is 36.7 Å². The van der Waals surface area contributed by atoms with Gasteiger partial charge >= 0.3 is 0 Å². The fourth-order valence-electron chi connectivity index (χ4n) is 4.40. The fourth-order valence-corrected chi connectivity index (χ4v) is 4.63. The van der Waals surface area contributed by atoms with Gasteiger partial charge in [-0.1, -0.05) is 18.5 Å². The highest BCUT2D eigenvalue weighted by Crippen LogP contribution is 2.37. The van der Waals surface area contributed by atoms with E-state index in [1.165, 1.54) is 0 Å². The van der Waals surface area contributed by atoms with Crippen LogP contribution in [0.3, 0.4) is 0 Å². The summed E-state index contributed by atoms with van der Waals surface area (Å²) in [6, 6.07) is 7.67. The molecule has 0 spiro atoms. The number of nitrogens with one attached hydrogen (secondary N) is 2. The zero-order valence-corrected chi connectivity index (χ0v) is 20.6. The molecule has 10 heteroatoms. The number of methoxy groups -OCH3 is 1. The van der Waals surface area contributed by atoms with Crippen molar-refractivity contribution in [3.63, 3.8) is 0 Å². The van der Waals surface area contributed by atoms with E-state index in [1.54, 1.807) is 19.5 Å². The third-order valence-corrected chi connectivity index (χ3v) is 6.95. The molecule has 2 aliphatic rings. The average Bonchev–Trinajstić information content (AvgIpc) is 3.23. The van der Waals surface area contributed by atoms with Crippen molar-refractivity contribution in [2.45, 2.75) is 18.9 Å². The summed E-state index contributed by atoms with van der Waals surface area (Å²) in [5.74, 6) is 1.88. The molecule has 2 aromatic heterocycles. The molecule has 35 heavy (non-hydrogen) atoms. The van der Waals surface area contributed by atoms with E-state index < -0.39 is 0 Å². The summed E-state index contributed by atoms with van der Waals surface area (Å²) in [5, 5.41) is 17.0. The van der Waals surface area contributed by atoms with Gasteiger partial charge in [-0.3, -0.25) is 4.90 Å². The highest BCUT2D eigenvalue weighted by atomic mass is 35.5. The molecule has 1 fully saturated rings. The number of aromatic nitrogens is 3. The van der Waals surface area contributed by atoms with Crippen molar-refractivity contribution < 1.29 is 14.6 Å². The lowest BCUT2D eigenvalue weighted by Crippen LogP contribution is -2.35. The van der Waals surface area contributed by atoms with E-state index in [-0.39, 0.29) is 12.0 Å². The van der Waals surface area contributed by atoms with E-state index in [9.17, 15) is 5.11 Å². The van der Waals surface area contributed by atoms with Crippen molar-refractivity contribution in [1.82, 2.24) is 19.9 Å². The standard InChI is InChI=1S/C25H29ClN6O3/c1-25(15-33)14-29-23-18(25)9-16(12-28-23)20-3-4-27-24(30-20)31-21-11-19(26)17(10-22(21)34-2)13-32-5-7-35-8-6-32/h3-4,9-12,33H,5-8,13-15H2,1-2H3,(H,28,29)(H,27,30,31). The second-order valence-electron chi connectivity index (χ2n) is 9.12. The van der Waals surface area contributed by atoms with Gasteiger partial charge in [-0.2, -0.15) is 0 Å². The lowest BCUT2D eigenvalue weighted by molar-refractivity contribution is 0.0342. The van der Waals surface area contributed by atoms with Gasteiger partial charge in [0.1, 0.15) is 11.6 Å². The second kappa shape index (κ2) is 9.94. The Bertz CT molecular complexity index is 1220. The highest BCUT2D eigenvalue weighted by molar-refractivity contribution is 6.31. The molecular formula is C25H29ClN6O3. The molecule has 3 aromatic rings. The number of anilines is 3. The van der Waals surface area contributed by atoms with Gasteiger partial charge in [0.05, 0.1) is 38.3 Å². The van der Waals surface area contributed by atoms with E-state index in [4.69, 9.17) is 26.1 Å². The number of fused-ring (bicyclic) bond motifs is 1. The minimum atomic E-state index is -0.375. The summed E-state index contributed by atoms with van der Waals surface area (Å²) in [5.41, 5.74) is 3.86. The maximum atomic E-state index is 9.89. The first kappa shape index (κ1) is 23.7. The lowest BCUT2D eigenvalue weighted by Gasteiger charge is -2.27. The van der Waals surface area contributed by atoms with Gasteiger partial charge < -0.3 is 25.2 Å². The first-order valence-corrected chi connectivity index (χ1v) is 12.0. The van der Waals surface area contributed by atoms with E-state index in [2.05, 4.69) is 25.5 Å². The summed E-state index contributed by atoms with van der Waals surface area (Å²) in [6.45, 7) is 6.66. The van der Waals surface area contributed by atoms with Gasteiger partial charge in [0, 0.05) is 60.1 Å². The molecule has 2 aliphatic heterocycles. The fraction of sp³-hybridized carbons (Fsp3) is 0.400. The van der Waals surface area contributed by atoms with Crippen molar-refractivity contribution in [1.29, 1.82) is 0 Å². The van der Waals surface area contributed by atoms with Crippen molar-refractivity contribution in [3.05, 3.63) is 52.8 Å². The Balaban J connectivity index is 1.39. The Morgan fingerprint density at radius 3 is 2.86 bits per heavy atom. The molecule has 4 heterocycles. The molecule has 9 nitrogen and oxygen atoms in total. The minimum absolute atomic E-state index is 0.0385. The highest BCUT2D eigenvalue weighted by Gasteiger charge is 2.35. The molecule has 0 saturated carbocycles. The quantitative estimate of drug-likeness (QED) is 0.453. The van der Waals surface area contributed by atoms with Gasteiger partial charge in [-0.25, -0.2) is 15.0 Å². The van der Waals surface area contributed by atoms with E-state index in [1.807, 2.05) is 31.2 Å². The molecule has 0 radical (unpaired) electrons. The molecule has 0 amide bonds. The van der Waals surface area contributed by atoms with Crippen LogP contribution in [-0.4, -0.2) is 71.5 Å². The van der Waals surface area contributed by atoms with Crippen LogP contribution in [0.1, 0.15) is 18.1 Å². The van der Waals surface area contributed by atoms with Crippen molar-refractivity contribution in [3.8, 4) is 17.0 Å². The Kier molecular flexibility index (Phi) is 6.75. The first-order chi connectivity index (χ1) is 17.0. The van der Waals surface area contributed by atoms with E-state index in [0.29, 0.717) is 29.0 Å². The van der Waals surface area contributed by atoms with E-state index in [0.717, 1.165) is 61.1 Å². The number of pyridine rings is 1. The van der Waals surface area contributed by atoms with Gasteiger partial charge in [0.25, 0.3) is 0 Å². The van der Waals surface area contributed by atoms with Gasteiger partial charge in [0.2, 0.25) is 5.95 Å². The number of nitrogens with zero attached hydrogens (tertiary/aromatic N) is 4. The number of morpholine rings is 1. The van der Waals surface area contributed by atoms with Crippen LogP contribution in [0, 0.1) is 0 Å². The van der Waals surface area contributed by atoms with Crippen LogP contribution < -0.4 is 15.4 Å². The predicted molar refractivity (Wildman–Crippen MR) is 136 cm³/mol. The van der Waals surface area contributed by atoms with Crippen LogP contribution >= 0.6 is 11.6 Å². The zero-order chi connectivity index (χ0) is 24.4. The Labute approximate surface area is 209 Å². The van der Waals surface area contributed by atoms with Crippen LogP contribution in [0.4, 0.5) is 17.5 Å². The maximum Gasteiger partial charge on any atom is 0.227 e. The topological polar surface area (TPSA) is 105 Å². The monoisotopic (exact) mass is 496 g/mol. The molecule has 5 rings (SSSR count). The lowest BCUT2D eigenvalue weighted by atomic mass is 9.85. The number of halogens is 1. The SMILES string of the molecule is COc1cc(CN2CCOCC2)c(Cl)cc1Nc1nccc(-c2cnc3c(c2)C(C)(CO)CN3)n1. The Morgan fingerprint density at radius 2 is 2.09 bits per heavy atom. The van der Waals surface area contributed by atoms with E-state index >= 15 is 0 Å². The maximum absolute atomic E-state index is 9.89. The minimum Gasteiger partial charge on any atom is -0.495 e. The number of aliphatic hydroxyl groups is 1. The van der Waals surface area contributed by atoms with Gasteiger partial charge in [-0.15, -0.1) is 0 Å². The number of rotatable bonds is 7. The molecule has 184 valence electrons. The summed E-state index contributed by atoms with van der Waals surface area (Å²) < 4.78 is 11.1. The Morgan fingerprint density at radius 1 is 1.26 bits per heavy atom. The molecule has 1 unspecified atom stereocenters. The zero-order valence-electron chi connectivity index (χ0n) is 19.8. The van der Waals surface area contributed by atoms with Crippen LogP contribution in [-0.2, 0) is 16.7 Å². The molecule has 1 aromatic carbocycles. The molecular weight excluding hydrogens is 468 g/mol. The molecule has 1 saturated heterocycles. The summed E-state index contributed by atoms with van der Waals surface area (Å²) in [6.07, 6.45) is 3.47. The number of benzene rings is 1. The summed E-state index contributed by atoms with van der Waals surface area (Å²) in [7, 11) is 1.63. The van der Waals surface area contributed by atoms with Gasteiger partial charge in [-0.05, 0) is 29.8 Å². The number of hydrogen-bond acceptors (Lipinski definition) is 9. The van der Waals surface area contributed by atoms with Crippen molar-refractivity contribution in [2.75, 3.05) is 57.2 Å².